The van der Waals surface area contributed by atoms with Crippen LogP contribution in [0, 0.1) is 0 Å². The monoisotopic (exact) mass is 294 g/mol. The molecule has 1 heterocycles. The minimum atomic E-state index is 0.0253. The van der Waals surface area contributed by atoms with Gasteiger partial charge in [-0.3, -0.25) is 9.69 Å². The van der Waals surface area contributed by atoms with Crippen molar-refractivity contribution in [3.63, 3.8) is 0 Å². The minimum Gasteiger partial charge on any atom is -0.497 e. The van der Waals surface area contributed by atoms with Crippen molar-refractivity contribution >= 4 is 32.6 Å². The number of carbonyl (C=O) groups excluding carboxylic acids is 1. The van der Waals surface area contributed by atoms with Crippen LogP contribution in [0.4, 0.5) is 5.13 Å². The summed E-state index contributed by atoms with van der Waals surface area (Å²) in [6.45, 7) is 3.14. The molecule has 0 saturated carbocycles. The molecule has 0 spiro atoms. The predicted molar refractivity (Wildman–Crippen MR) is 81.9 cm³/mol. The Bertz CT molecular complexity index is 609. The number of amides is 1. The van der Waals surface area contributed by atoms with Gasteiger partial charge in [0, 0.05) is 13.0 Å². The standard InChI is InChI=1S/C14H19N3O2S/c1-10(18)17(8-7-16(2)3)14-15-12-9-11(19-4)5-6-13(12)20-14/h5-6,9H,7-8H2,1-4H3/p+1. The second-order valence-corrected chi connectivity index (χ2v) is 5.97. The molecule has 0 saturated heterocycles. The highest BCUT2D eigenvalue weighted by molar-refractivity contribution is 7.22. The Morgan fingerprint density at radius 1 is 1.45 bits per heavy atom. The lowest BCUT2D eigenvalue weighted by atomic mass is 10.3. The Morgan fingerprint density at radius 3 is 2.80 bits per heavy atom. The molecule has 5 nitrogen and oxygen atoms in total. The lowest BCUT2D eigenvalue weighted by molar-refractivity contribution is -0.856. The van der Waals surface area contributed by atoms with Crippen molar-refractivity contribution in [1.29, 1.82) is 0 Å². The van der Waals surface area contributed by atoms with Gasteiger partial charge in [-0.05, 0) is 12.1 Å². The number of likely N-dealkylation sites (N-methyl/N-ethyl adjacent to an activating group) is 1. The molecule has 20 heavy (non-hydrogen) atoms. The number of anilines is 1. The van der Waals surface area contributed by atoms with E-state index in [1.54, 1.807) is 18.9 Å². The van der Waals surface area contributed by atoms with Gasteiger partial charge in [0.05, 0.1) is 44.5 Å². The number of aromatic nitrogens is 1. The van der Waals surface area contributed by atoms with Crippen molar-refractivity contribution in [2.24, 2.45) is 0 Å². The fraction of sp³-hybridized carbons (Fsp3) is 0.429. The van der Waals surface area contributed by atoms with Crippen LogP contribution in [0.3, 0.4) is 0 Å². The zero-order chi connectivity index (χ0) is 14.7. The molecule has 0 aliphatic rings. The highest BCUT2D eigenvalue weighted by Crippen LogP contribution is 2.31. The van der Waals surface area contributed by atoms with E-state index in [2.05, 4.69) is 19.1 Å². The van der Waals surface area contributed by atoms with E-state index in [1.807, 2.05) is 18.2 Å². The number of hydrogen-bond donors (Lipinski definition) is 1. The van der Waals surface area contributed by atoms with Crippen LogP contribution < -0.4 is 14.5 Å². The molecule has 108 valence electrons. The number of methoxy groups -OCH3 is 1. The Balaban J connectivity index is 2.31. The van der Waals surface area contributed by atoms with Crippen LogP contribution in [0.5, 0.6) is 5.75 Å². The third-order valence-corrected chi connectivity index (χ3v) is 4.09. The maximum atomic E-state index is 11.8. The van der Waals surface area contributed by atoms with Crippen molar-refractivity contribution < 1.29 is 14.4 Å². The topological polar surface area (TPSA) is 46.9 Å². The zero-order valence-corrected chi connectivity index (χ0v) is 13.1. The fourth-order valence-corrected chi connectivity index (χ4v) is 2.88. The normalized spacial score (nSPS) is 11.1. The van der Waals surface area contributed by atoms with E-state index in [0.29, 0.717) is 6.54 Å². The number of nitrogens with one attached hydrogen (secondary N) is 1. The molecule has 0 radical (unpaired) electrons. The number of thiazole rings is 1. The van der Waals surface area contributed by atoms with Crippen molar-refractivity contribution in [3.05, 3.63) is 18.2 Å². The van der Waals surface area contributed by atoms with E-state index in [-0.39, 0.29) is 5.91 Å². The number of fused-ring (bicyclic) bond motifs is 1. The molecule has 1 amide bonds. The molecule has 6 heteroatoms. The summed E-state index contributed by atoms with van der Waals surface area (Å²) in [6, 6.07) is 5.78. The van der Waals surface area contributed by atoms with Crippen molar-refractivity contribution in [2.75, 3.05) is 39.2 Å². The summed E-state index contributed by atoms with van der Waals surface area (Å²) in [7, 11) is 5.78. The van der Waals surface area contributed by atoms with Gasteiger partial charge < -0.3 is 9.64 Å². The molecule has 0 aliphatic heterocycles. The van der Waals surface area contributed by atoms with E-state index in [1.165, 1.54) is 16.2 Å². The summed E-state index contributed by atoms with van der Waals surface area (Å²) in [5, 5.41) is 0.752. The average Bonchev–Trinajstić information content (AvgIpc) is 2.80. The van der Waals surface area contributed by atoms with Crippen LogP contribution in [-0.4, -0.2) is 45.2 Å². The molecule has 0 aliphatic carbocycles. The average molecular weight is 294 g/mol. The Morgan fingerprint density at radius 2 is 2.20 bits per heavy atom. The largest absolute Gasteiger partial charge is 0.497 e. The van der Waals surface area contributed by atoms with Gasteiger partial charge in [-0.1, -0.05) is 11.3 Å². The highest BCUT2D eigenvalue weighted by atomic mass is 32.1. The molecule has 2 aromatic rings. The van der Waals surface area contributed by atoms with Crippen LogP contribution in [0.15, 0.2) is 18.2 Å². The first-order valence-electron chi connectivity index (χ1n) is 6.53. The van der Waals surface area contributed by atoms with E-state index >= 15 is 0 Å². The molecule has 0 fully saturated rings. The molecule has 2 rings (SSSR count). The Kier molecular flexibility index (Phi) is 4.57. The molecule has 1 aromatic carbocycles. The summed E-state index contributed by atoms with van der Waals surface area (Å²) in [5.41, 5.74) is 0.868. The van der Waals surface area contributed by atoms with Gasteiger partial charge in [0.2, 0.25) is 5.91 Å². The summed E-state index contributed by atoms with van der Waals surface area (Å²) in [5.74, 6) is 0.804. The van der Waals surface area contributed by atoms with Crippen LogP contribution in [0.2, 0.25) is 0 Å². The maximum Gasteiger partial charge on any atom is 0.225 e. The number of ether oxygens (including phenoxy) is 1. The predicted octanol–water partition coefficient (Wildman–Crippen LogP) is 0.802. The summed E-state index contributed by atoms with van der Waals surface area (Å²) >= 11 is 1.53. The number of rotatable bonds is 5. The van der Waals surface area contributed by atoms with Crippen LogP contribution in [0.1, 0.15) is 6.92 Å². The van der Waals surface area contributed by atoms with E-state index in [4.69, 9.17) is 4.74 Å². The van der Waals surface area contributed by atoms with Crippen molar-refractivity contribution in [2.45, 2.75) is 6.92 Å². The fourth-order valence-electron chi connectivity index (χ4n) is 1.86. The second kappa shape index (κ2) is 6.19. The lowest BCUT2D eigenvalue weighted by Crippen LogP contribution is -3.06. The second-order valence-electron chi connectivity index (χ2n) is 4.96. The van der Waals surface area contributed by atoms with Gasteiger partial charge in [0.1, 0.15) is 5.75 Å². The first-order valence-corrected chi connectivity index (χ1v) is 7.34. The van der Waals surface area contributed by atoms with Gasteiger partial charge in [-0.25, -0.2) is 4.98 Å². The number of quaternary nitrogens is 1. The molecule has 1 aromatic heterocycles. The highest BCUT2D eigenvalue weighted by Gasteiger charge is 2.17. The van der Waals surface area contributed by atoms with E-state index in [0.717, 1.165) is 27.6 Å². The van der Waals surface area contributed by atoms with Gasteiger partial charge >= 0.3 is 0 Å². The van der Waals surface area contributed by atoms with Crippen LogP contribution in [-0.2, 0) is 4.79 Å². The zero-order valence-electron chi connectivity index (χ0n) is 12.3. The Labute approximate surface area is 122 Å². The van der Waals surface area contributed by atoms with Crippen LogP contribution in [0.25, 0.3) is 10.2 Å². The third-order valence-electron chi connectivity index (χ3n) is 3.03. The summed E-state index contributed by atoms with van der Waals surface area (Å²) in [6.07, 6.45) is 0. The number of hydrogen-bond acceptors (Lipinski definition) is 4. The van der Waals surface area contributed by atoms with Crippen molar-refractivity contribution in [3.8, 4) is 5.75 Å². The van der Waals surface area contributed by atoms with Crippen molar-refractivity contribution in [1.82, 2.24) is 4.98 Å². The number of benzene rings is 1. The minimum absolute atomic E-state index is 0.0253. The SMILES string of the molecule is COc1ccc2sc(N(CC[NH+](C)C)C(C)=O)nc2c1. The first-order chi connectivity index (χ1) is 9.51. The molecule has 0 unspecified atom stereocenters. The molecule has 0 atom stereocenters. The molecular weight excluding hydrogens is 274 g/mol. The lowest BCUT2D eigenvalue weighted by Gasteiger charge is -2.18. The molecular formula is C14H20N3O2S+. The maximum absolute atomic E-state index is 11.8. The smallest absolute Gasteiger partial charge is 0.225 e. The van der Waals surface area contributed by atoms with E-state index < -0.39 is 0 Å². The van der Waals surface area contributed by atoms with Gasteiger partial charge in [-0.15, -0.1) is 0 Å². The molecule has 0 bridgehead atoms. The first kappa shape index (κ1) is 14.7. The van der Waals surface area contributed by atoms with Gasteiger partial charge in [-0.2, -0.15) is 0 Å². The van der Waals surface area contributed by atoms with Gasteiger partial charge in [0.25, 0.3) is 0 Å². The summed E-state index contributed by atoms with van der Waals surface area (Å²) in [4.78, 5) is 19.4. The van der Waals surface area contributed by atoms with Crippen LogP contribution >= 0.6 is 11.3 Å². The van der Waals surface area contributed by atoms with Gasteiger partial charge in [0.15, 0.2) is 5.13 Å². The molecule has 1 N–H and O–H groups in total. The number of nitrogens with zero attached hydrogens (tertiary/aromatic N) is 2. The number of carbonyl (C=O) groups is 1. The third kappa shape index (κ3) is 3.26. The Hall–Kier alpha value is -1.66. The van der Waals surface area contributed by atoms with E-state index in [9.17, 15) is 4.79 Å². The quantitative estimate of drug-likeness (QED) is 0.887. The summed E-state index contributed by atoms with van der Waals surface area (Å²) < 4.78 is 6.26.